The van der Waals surface area contributed by atoms with Gasteiger partial charge in [-0.2, -0.15) is 5.10 Å². The van der Waals surface area contributed by atoms with Crippen LogP contribution in [0.25, 0.3) is 0 Å². The molecule has 0 bridgehead atoms. The maximum absolute atomic E-state index is 12.6. The van der Waals surface area contributed by atoms with Crippen LogP contribution in [0.5, 0.6) is 0 Å². The second-order valence-electron chi connectivity index (χ2n) is 7.04. The lowest BCUT2D eigenvalue weighted by molar-refractivity contribution is 0.0724. The third kappa shape index (κ3) is 6.73. The number of likely N-dealkylation sites (tertiary alicyclic amines) is 1. The van der Waals surface area contributed by atoms with Gasteiger partial charge in [0.05, 0.1) is 18.8 Å². The lowest BCUT2D eigenvalue weighted by Crippen LogP contribution is -2.37. The summed E-state index contributed by atoms with van der Waals surface area (Å²) in [5, 5.41) is 10.8. The molecule has 0 saturated carbocycles. The van der Waals surface area contributed by atoms with E-state index in [4.69, 9.17) is 0 Å². The average molecular weight is 510 g/mol. The number of rotatable bonds is 6. The minimum absolute atomic E-state index is 0. The van der Waals surface area contributed by atoms with Gasteiger partial charge in [-0.1, -0.05) is 12.1 Å². The molecular weight excluding hydrogens is 479 g/mol. The lowest BCUT2D eigenvalue weighted by Gasteiger charge is -2.26. The fraction of sp³-hybridized carbons (Fsp3) is 0.476. The van der Waals surface area contributed by atoms with Crippen LogP contribution in [0.2, 0.25) is 0 Å². The van der Waals surface area contributed by atoms with Gasteiger partial charge < -0.3 is 15.5 Å². The number of nitrogens with one attached hydrogen (secondary N) is 2. The molecule has 0 spiro atoms. The second-order valence-corrected chi connectivity index (χ2v) is 7.04. The van der Waals surface area contributed by atoms with E-state index in [2.05, 4.69) is 20.7 Å². The van der Waals surface area contributed by atoms with Crippen LogP contribution in [0.4, 0.5) is 0 Å². The average Bonchev–Trinajstić information content (AvgIpc) is 3.15. The zero-order chi connectivity index (χ0) is 19.8. The second kappa shape index (κ2) is 11.8. The van der Waals surface area contributed by atoms with Crippen molar-refractivity contribution in [2.45, 2.75) is 39.3 Å². The zero-order valence-electron chi connectivity index (χ0n) is 17.2. The number of aromatic nitrogens is 2. The summed E-state index contributed by atoms with van der Waals surface area (Å²) < 4.78 is 1.84. The van der Waals surface area contributed by atoms with E-state index in [1.165, 1.54) is 6.42 Å². The van der Waals surface area contributed by atoms with Crippen molar-refractivity contribution in [1.29, 1.82) is 0 Å². The van der Waals surface area contributed by atoms with Crippen molar-refractivity contribution in [2.24, 2.45) is 12.0 Å². The molecule has 8 heteroatoms. The third-order valence-electron chi connectivity index (χ3n) is 4.97. The number of benzene rings is 1. The predicted octanol–water partition coefficient (Wildman–Crippen LogP) is 2.92. The van der Waals surface area contributed by atoms with E-state index in [-0.39, 0.29) is 29.9 Å². The van der Waals surface area contributed by atoms with Crippen LogP contribution in [0.15, 0.2) is 41.5 Å². The molecular formula is C21H31IN6O. The molecule has 0 unspecified atom stereocenters. The van der Waals surface area contributed by atoms with Gasteiger partial charge in [-0.15, -0.1) is 24.0 Å². The summed E-state index contributed by atoms with van der Waals surface area (Å²) in [5.74, 6) is 0.901. The number of carbonyl (C=O) groups is 1. The van der Waals surface area contributed by atoms with Gasteiger partial charge in [0.25, 0.3) is 5.91 Å². The summed E-state index contributed by atoms with van der Waals surface area (Å²) in [7, 11) is 1.92. The van der Waals surface area contributed by atoms with Crippen molar-refractivity contribution < 1.29 is 4.79 Å². The minimum Gasteiger partial charge on any atom is -0.357 e. The van der Waals surface area contributed by atoms with Crippen LogP contribution in [0, 0.1) is 0 Å². The Balaban J connectivity index is 0.00000300. The standard InChI is InChI=1S/C21H30N6O.HI/c1-3-22-21(24-16-19-11-12-25-26(19)2)23-15-17-7-9-18(10-8-17)20(28)27-13-5-4-6-14-27;/h7-12H,3-6,13-16H2,1-2H3,(H2,22,23,24);1H. The summed E-state index contributed by atoms with van der Waals surface area (Å²) in [6, 6.07) is 9.79. The molecule has 1 amide bonds. The Labute approximate surface area is 190 Å². The highest BCUT2D eigenvalue weighted by Crippen LogP contribution is 2.14. The van der Waals surface area contributed by atoms with Gasteiger partial charge in [0.2, 0.25) is 0 Å². The van der Waals surface area contributed by atoms with Crippen molar-refractivity contribution >= 4 is 35.8 Å². The molecule has 0 radical (unpaired) electrons. The van der Waals surface area contributed by atoms with Crippen LogP contribution in [-0.4, -0.2) is 46.2 Å². The number of halogens is 1. The maximum atomic E-state index is 12.6. The Kier molecular flexibility index (Phi) is 9.43. The highest BCUT2D eigenvalue weighted by Gasteiger charge is 2.17. The number of amides is 1. The molecule has 2 heterocycles. The molecule has 7 nitrogen and oxygen atoms in total. The van der Waals surface area contributed by atoms with E-state index in [0.717, 1.165) is 55.3 Å². The molecule has 158 valence electrons. The van der Waals surface area contributed by atoms with Gasteiger partial charge in [-0.05, 0) is 49.9 Å². The van der Waals surface area contributed by atoms with Crippen molar-refractivity contribution in [3.05, 3.63) is 53.3 Å². The minimum atomic E-state index is 0. The number of hydrogen-bond acceptors (Lipinski definition) is 3. The number of hydrogen-bond donors (Lipinski definition) is 2. The normalized spacial score (nSPS) is 14.3. The first kappa shape index (κ1) is 23.2. The lowest BCUT2D eigenvalue weighted by atomic mass is 10.1. The Morgan fingerprint density at radius 2 is 1.83 bits per heavy atom. The molecule has 1 saturated heterocycles. The first-order chi connectivity index (χ1) is 13.7. The zero-order valence-corrected chi connectivity index (χ0v) is 19.6. The molecule has 2 aromatic rings. The van der Waals surface area contributed by atoms with Gasteiger partial charge in [0.1, 0.15) is 0 Å². The van der Waals surface area contributed by atoms with Crippen LogP contribution in [0.3, 0.4) is 0 Å². The fourth-order valence-electron chi connectivity index (χ4n) is 3.29. The van der Waals surface area contributed by atoms with Crippen LogP contribution >= 0.6 is 24.0 Å². The van der Waals surface area contributed by atoms with Crippen LogP contribution in [-0.2, 0) is 20.1 Å². The summed E-state index contributed by atoms with van der Waals surface area (Å²) in [5.41, 5.74) is 2.93. The van der Waals surface area contributed by atoms with Crippen LogP contribution in [0.1, 0.15) is 47.8 Å². The van der Waals surface area contributed by atoms with Gasteiger partial charge in [-0.3, -0.25) is 9.48 Å². The van der Waals surface area contributed by atoms with Crippen molar-refractivity contribution in [1.82, 2.24) is 25.3 Å². The maximum Gasteiger partial charge on any atom is 0.253 e. The topological polar surface area (TPSA) is 74.6 Å². The van der Waals surface area contributed by atoms with E-state index in [9.17, 15) is 4.79 Å². The quantitative estimate of drug-likeness (QED) is 0.356. The van der Waals surface area contributed by atoms with E-state index < -0.39 is 0 Å². The number of aryl methyl sites for hydroxylation is 1. The Morgan fingerprint density at radius 3 is 2.45 bits per heavy atom. The van der Waals surface area contributed by atoms with Gasteiger partial charge in [-0.25, -0.2) is 4.99 Å². The summed E-state index contributed by atoms with van der Waals surface area (Å²) in [6.07, 6.45) is 5.23. The number of piperidine rings is 1. The third-order valence-corrected chi connectivity index (χ3v) is 4.97. The van der Waals surface area contributed by atoms with Gasteiger partial charge in [0.15, 0.2) is 5.96 Å². The summed E-state index contributed by atoms with van der Waals surface area (Å²) in [6.45, 7) is 5.80. The summed E-state index contributed by atoms with van der Waals surface area (Å²) >= 11 is 0. The molecule has 1 fully saturated rings. The van der Waals surface area contributed by atoms with Crippen molar-refractivity contribution in [2.75, 3.05) is 19.6 Å². The number of nitrogens with zero attached hydrogens (tertiary/aromatic N) is 4. The predicted molar refractivity (Wildman–Crippen MR) is 126 cm³/mol. The van der Waals surface area contributed by atoms with E-state index >= 15 is 0 Å². The monoisotopic (exact) mass is 510 g/mol. The van der Waals surface area contributed by atoms with Crippen molar-refractivity contribution in [3.8, 4) is 0 Å². The molecule has 1 aliphatic heterocycles. The molecule has 1 aromatic carbocycles. The fourth-order valence-corrected chi connectivity index (χ4v) is 3.29. The number of guanidine groups is 1. The molecule has 0 atom stereocenters. The van der Waals surface area contributed by atoms with E-state index in [1.807, 2.05) is 53.9 Å². The Hall–Kier alpha value is -2.10. The van der Waals surface area contributed by atoms with Gasteiger partial charge in [0, 0.05) is 38.4 Å². The first-order valence-electron chi connectivity index (χ1n) is 10.0. The highest BCUT2D eigenvalue weighted by atomic mass is 127. The Bertz CT molecular complexity index is 796. The van der Waals surface area contributed by atoms with Crippen molar-refractivity contribution in [3.63, 3.8) is 0 Å². The molecule has 29 heavy (non-hydrogen) atoms. The largest absolute Gasteiger partial charge is 0.357 e. The molecule has 2 N–H and O–H groups in total. The summed E-state index contributed by atoms with van der Waals surface area (Å²) in [4.78, 5) is 19.2. The molecule has 1 aromatic heterocycles. The molecule has 1 aliphatic rings. The van der Waals surface area contributed by atoms with Crippen LogP contribution < -0.4 is 10.6 Å². The molecule has 3 rings (SSSR count). The smallest absolute Gasteiger partial charge is 0.253 e. The van der Waals surface area contributed by atoms with E-state index in [1.54, 1.807) is 6.20 Å². The van der Waals surface area contributed by atoms with Gasteiger partial charge >= 0.3 is 0 Å². The SMILES string of the molecule is CCNC(=NCc1ccc(C(=O)N2CCCCC2)cc1)NCc1ccnn1C.I. The first-order valence-corrected chi connectivity index (χ1v) is 10.0. The van der Waals surface area contributed by atoms with E-state index in [0.29, 0.717) is 13.1 Å². The number of aliphatic imine (C=N–C) groups is 1. The Morgan fingerprint density at radius 1 is 1.10 bits per heavy atom. The molecule has 0 aliphatic carbocycles. The highest BCUT2D eigenvalue weighted by molar-refractivity contribution is 14.0. The number of carbonyl (C=O) groups excluding carboxylic acids is 1.